The van der Waals surface area contributed by atoms with Gasteiger partial charge in [0.15, 0.2) is 11.6 Å². The molecule has 0 unspecified atom stereocenters. The fourth-order valence-electron chi connectivity index (χ4n) is 2.44. The van der Waals surface area contributed by atoms with E-state index in [1.165, 1.54) is 37.5 Å². The average Bonchev–Trinajstić information content (AvgIpc) is 3.27. The third-order valence-electron chi connectivity index (χ3n) is 4.21. The van der Waals surface area contributed by atoms with Crippen molar-refractivity contribution >= 4 is 22.9 Å². The number of alkyl halides is 2. The topological polar surface area (TPSA) is 121 Å². The van der Waals surface area contributed by atoms with Crippen molar-refractivity contribution < 1.29 is 18.3 Å². The molecule has 0 aliphatic carbocycles. The van der Waals surface area contributed by atoms with E-state index in [-0.39, 0.29) is 23.8 Å². The van der Waals surface area contributed by atoms with Crippen LogP contribution in [0.3, 0.4) is 0 Å². The summed E-state index contributed by atoms with van der Waals surface area (Å²) in [5.41, 5.74) is 1.50. The van der Waals surface area contributed by atoms with Crippen molar-refractivity contribution in [2.75, 3.05) is 6.61 Å². The van der Waals surface area contributed by atoms with Crippen LogP contribution in [0.25, 0.3) is 5.82 Å². The zero-order valence-electron chi connectivity index (χ0n) is 16.7. The number of imidazole rings is 1. The Bertz CT molecular complexity index is 1110. The molecule has 160 valence electrons. The van der Waals surface area contributed by atoms with Gasteiger partial charge in [0, 0.05) is 24.8 Å². The smallest absolute Gasteiger partial charge is 0.263 e. The Morgan fingerprint density at radius 1 is 1.16 bits per heavy atom. The highest BCUT2D eigenvalue weighted by Gasteiger charge is 2.10. The number of carbonyl (C=O) groups is 1. The van der Waals surface area contributed by atoms with Crippen LogP contribution in [0.4, 0.5) is 14.5 Å². The zero-order chi connectivity index (χ0) is 22.4. The third kappa shape index (κ3) is 5.53. The number of halogens is 2. The van der Waals surface area contributed by atoms with Crippen LogP contribution >= 0.6 is 0 Å². The lowest BCUT2D eigenvalue weighted by atomic mass is 10.2. The summed E-state index contributed by atoms with van der Waals surface area (Å²) in [6, 6.07) is 8.79. The minimum absolute atomic E-state index is 0.0171. The Morgan fingerprint density at radius 3 is 2.45 bits per heavy atom. The normalized spacial score (nSPS) is 12.3. The molecule has 2 N–H and O–H groups in total. The van der Waals surface area contributed by atoms with Crippen molar-refractivity contribution in [3.63, 3.8) is 0 Å². The number of carbonyl (C=O) groups excluding carboxylic acids is 1. The minimum Gasteiger partial charge on any atom is -0.470 e. The van der Waals surface area contributed by atoms with E-state index in [0.717, 1.165) is 0 Å². The number of hydrogen-bond acceptors (Lipinski definition) is 8. The molecule has 9 nitrogen and oxygen atoms in total. The van der Waals surface area contributed by atoms with Crippen molar-refractivity contribution in [2.24, 2.45) is 15.9 Å². The highest BCUT2D eigenvalue weighted by molar-refractivity contribution is 6.42. The van der Waals surface area contributed by atoms with Crippen molar-refractivity contribution in [1.82, 2.24) is 19.7 Å². The van der Waals surface area contributed by atoms with E-state index in [1.54, 1.807) is 29.8 Å². The molecule has 0 amide bonds. The van der Waals surface area contributed by atoms with Gasteiger partial charge in [-0.2, -0.15) is 5.10 Å². The first kappa shape index (κ1) is 21.7. The van der Waals surface area contributed by atoms with E-state index in [2.05, 4.69) is 25.3 Å². The fraction of sp³-hybridized carbons (Fsp3) is 0.200. The van der Waals surface area contributed by atoms with Crippen molar-refractivity contribution in [3.8, 4) is 11.7 Å². The van der Waals surface area contributed by atoms with Gasteiger partial charge in [-0.15, -0.1) is 10.2 Å². The monoisotopic (exact) mass is 427 g/mol. The number of ketones is 1. The van der Waals surface area contributed by atoms with Gasteiger partial charge in [-0.1, -0.05) is 12.1 Å². The van der Waals surface area contributed by atoms with Crippen LogP contribution in [-0.2, 0) is 0 Å². The molecule has 0 saturated heterocycles. The standard InChI is InChI=1S/C20H19F2N7O2/c1-12(26-23)17(25-15-5-3-14(4-6-15)20(21)22)10-31-19-8-7-18(27-28-19)29-9-16(13(2)30)24-11-29/h3-9,11,20H,10,23H2,1-2H3. The van der Waals surface area contributed by atoms with Crippen LogP contribution in [0.15, 0.2) is 59.0 Å². The van der Waals surface area contributed by atoms with Gasteiger partial charge in [0.1, 0.15) is 24.3 Å². The van der Waals surface area contributed by atoms with Crippen LogP contribution < -0.4 is 10.6 Å². The van der Waals surface area contributed by atoms with Gasteiger partial charge in [-0.25, -0.2) is 18.8 Å². The summed E-state index contributed by atoms with van der Waals surface area (Å²) in [5, 5.41) is 11.7. The second-order valence-corrected chi connectivity index (χ2v) is 6.41. The van der Waals surface area contributed by atoms with Gasteiger partial charge in [0.25, 0.3) is 6.43 Å². The molecule has 2 aromatic heterocycles. The molecular formula is C20H19F2N7O2. The molecule has 0 atom stereocenters. The quantitative estimate of drug-likeness (QED) is 0.255. The molecule has 11 heteroatoms. The molecule has 2 heterocycles. The van der Waals surface area contributed by atoms with E-state index in [4.69, 9.17) is 10.6 Å². The number of aromatic nitrogens is 4. The summed E-state index contributed by atoms with van der Waals surface area (Å²) in [6.07, 6.45) is 0.468. The van der Waals surface area contributed by atoms with E-state index < -0.39 is 6.43 Å². The molecule has 1 aromatic carbocycles. The first-order valence-corrected chi connectivity index (χ1v) is 9.09. The maximum absolute atomic E-state index is 12.7. The number of hydrazone groups is 1. The van der Waals surface area contributed by atoms with Crippen LogP contribution in [0.5, 0.6) is 5.88 Å². The Morgan fingerprint density at radius 2 is 1.90 bits per heavy atom. The average molecular weight is 427 g/mol. The lowest BCUT2D eigenvalue weighted by molar-refractivity contribution is 0.101. The van der Waals surface area contributed by atoms with Crippen LogP contribution in [0.1, 0.15) is 36.3 Å². The number of nitrogens with two attached hydrogens (primary N) is 1. The molecule has 0 radical (unpaired) electrons. The number of Topliss-reactive ketones (excluding diaryl/α,β-unsaturated/α-hetero) is 1. The molecule has 3 aromatic rings. The molecule has 0 aliphatic rings. The summed E-state index contributed by atoms with van der Waals surface area (Å²) >= 11 is 0. The van der Waals surface area contributed by atoms with Gasteiger partial charge in [-0.3, -0.25) is 9.36 Å². The van der Waals surface area contributed by atoms with Crippen LogP contribution in [0.2, 0.25) is 0 Å². The summed E-state index contributed by atoms with van der Waals surface area (Å²) in [6.45, 7) is 3.06. The van der Waals surface area contributed by atoms with Gasteiger partial charge >= 0.3 is 0 Å². The minimum atomic E-state index is -2.55. The molecule has 0 aliphatic heterocycles. The Balaban J connectivity index is 1.72. The van der Waals surface area contributed by atoms with Gasteiger partial charge in [0.2, 0.25) is 5.88 Å². The molecular weight excluding hydrogens is 408 g/mol. The lowest BCUT2D eigenvalue weighted by Crippen LogP contribution is -2.21. The number of ether oxygens (including phenoxy) is 1. The lowest BCUT2D eigenvalue weighted by Gasteiger charge is -2.09. The van der Waals surface area contributed by atoms with Crippen molar-refractivity contribution in [2.45, 2.75) is 20.3 Å². The van der Waals surface area contributed by atoms with Crippen molar-refractivity contribution in [3.05, 3.63) is 60.2 Å². The summed E-state index contributed by atoms with van der Waals surface area (Å²) in [4.78, 5) is 19.7. The largest absolute Gasteiger partial charge is 0.470 e. The maximum Gasteiger partial charge on any atom is 0.263 e. The molecule has 0 spiro atoms. The SMILES string of the molecule is CC(=O)c1cn(-c2ccc(OCC(=Nc3ccc(C(F)F)cc3)C(C)=NN)nn2)cn1. The Kier molecular flexibility index (Phi) is 6.75. The second-order valence-electron chi connectivity index (χ2n) is 6.41. The number of nitrogens with zero attached hydrogens (tertiary/aromatic N) is 6. The number of rotatable bonds is 8. The number of aliphatic imine (C=N–C) groups is 1. The van der Waals surface area contributed by atoms with E-state index in [0.29, 0.717) is 28.6 Å². The summed E-state index contributed by atoms with van der Waals surface area (Å²) in [5.74, 6) is 5.89. The predicted octanol–water partition coefficient (Wildman–Crippen LogP) is 3.29. The molecule has 3 rings (SSSR count). The van der Waals surface area contributed by atoms with Crippen molar-refractivity contribution in [1.29, 1.82) is 0 Å². The third-order valence-corrected chi connectivity index (χ3v) is 4.21. The second kappa shape index (κ2) is 9.65. The highest BCUT2D eigenvalue weighted by atomic mass is 19.3. The number of benzene rings is 1. The summed E-state index contributed by atoms with van der Waals surface area (Å²) in [7, 11) is 0. The zero-order valence-corrected chi connectivity index (χ0v) is 16.7. The van der Waals surface area contributed by atoms with E-state index in [1.807, 2.05) is 0 Å². The number of hydrogen-bond donors (Lipinski definition) is 1. The maximum atomic E-state index is 12.7. The predicted molar refractivity (Wildman–Crippen MR) is 110 cm³/mol. The Labute approximate surface area is 176 Å². The fourth-order valence-corrected chi connectivity index (χ4v) is 2.44. The van der Waals surface area contributed by atoms with Crippen LogP contribution in [-0.4, -0.2) is 43.6 Å². The molecule has 0 bridgehead atoms. The molecule has 31 heavy (non-hydrogen) atoms. The highest BCUT2D eigenvalue weighted by Crippen LogP contribution is 2.22. The summed E-state index contributed by atoms with van der Waals surface area (Å²) < 4.78 is 32.6. The Hall–Kier alpha value is -4.02. The first-order chi connectivity index (χ1) is 14.9. The van der Waals surface area contributed by atoms with E-state index in [9.17, 15) is 13.6 Å². The molecule has 0 fully saturated rings. The van der Waals surface area contributed by atoms with Gasteiger partial charge in [-0.05, 0) is 25.1 Å². The van der Waals surface area contributed by atoms with E-state index >= 15 is 0 Å². The molecule has 0 saturated carbocycles. The van der Waals surface area contributed by atoms with Gasteiger partial charge < -0.3 is 10.6 Å². The van der Waals surface area contributed by atoms with Gasteiger partial charge in [0.05, 0.1) is 11.4 Å². The van der Waals surface area contributed by atoms with Crippen LogP contribution in [0, 0.1) is 0 Å². The first-order valence-electron chi connectivity index (χ1n) is 9.09.